The topological polar surface area (TPSA) is 35.5 Å². The third-order valence-corrected chi connectivity index (χ3v) is 3.83. The Morgan fingerprint density at radius 2 is 1.95 bits per heavy atom. The van der Waals surface area contributed by atoms with Crippen LogP contribution in [0.3, 0.4) is 0 Å². The van der Waals surface area contributed by atoms with E-state index in [1.165, 1.54) is 7.11 Å². The van der Waals surface area contributed by atoms with Crippen LogP contribution in [0.1, 0.15) is 23.5 Å². The van der Waals surface area contributed by atoms with Crippen LogP contribution in [0.15, 0.2) is 54.6 Å². The van der Waals surface area contributed by atoms with Crippen LogP contribution in [0.2, 0.25) is 0 Å². The maximum absolute atomic E-state index is 11.5. The van der Waals surface area contributed by atoms with E-state index in [4.69, 9.17) is 9.47 Å². The predicted octanol–water partition coefficient (Wildman–Crippen LogP) is 3.54. The second-order valence-corrected chi connectivity index (χ2v) is 5.32. The standard InChI is InChI=1S/C18H18O3/c1-20-18(19)17-11-16(17)14-8-5-9-15(10-14)21-12-13-6-3-2-4-7-13/h2-10,16-17H,11-12H2,1H3. The van der Waals surface area contributed by atoms with Gasteiger partial charge in [-0.1, -0.05) is 42.5 Å². The molecule has 3 heteroatoms. The summed E-state index contributed by atoms with van der Waals surface area (Å²) in [6, 6.07) is 18.1. The van der Waals surface area contributed by atoms with Gasteiger partial charge in [0.15, 0.2) is 0 Å². The van der Waals surface area contributed by atoms with Gasteiger partial charge in [0.2, 0.25) is 0 Å². The minimum atomic E-state index is -0.115. The first-order valence-corrected chi connectivity index (χ1v) is 7.12. The molecule has 0 saturated heterocycles. The maximum atomic E-state index is 11.5. The van der Waals surface area contributed by atoms with Gasteiger partial charge in [0.05, 0.1) is 13.0 Å². The molecule has 0 N–H and O–H groups in total. The number of benzene rings is 2. The van der Waals surface area contributed by atoms with Gasteiger partial charge >= 0.3 is 5.97 Å². The Morgan fingerprint density at radius 1 is 1.14 bits per heavy atom. The quantitative estimate of drug-likeness (QED) is 0.787. The summed E-state index contributed by atoms with van der Waals surface area (Å²) in [7, 11) is 1.44. The third kappa shape index (κ3) is 3.24. The summed E-state index contributed by atoms with van der Waals surface area (Å²) in [6.07, 6.45) is 0.870. The lowest BCUT2D eigenvalue weighted by atomic mass is 10.1. The lowest BCUT2D eigenvalue weighted by Crippen LogP contribution is -2.04. The Labute approximate surface area is 124 Å². The van der Waals surface area contributed by atoms with E-state index in [-0.39, 0.29) is 17.8 Å². The molecule has 1 fully saturated rings. The smallest absolute Gasteiger partial charge is 0.309 e. The number of methoxy groups -OCH3 is 1. The first kappa shape index (κ1) is 13.7. The van der Waals surface area contributed by atoms with Gasteiger partial charge in [0.1, 0.15) is 12.4 Å². The predicted molar refractivity (Wildman–Crippen MR) is 80.1 cm³/mol. The van der Waals surface area contributed by atoms with Crippen LogP contribution in [-0.4, -0.2) is 13.1 Å². The lowest BCUT2D eigenvalue weighted by Gasteiger charge is -2.08. The van der Waals surface area contributed by atoms with E-state index in [1.807, 2.05) is 54.6 Å². The second kappa shape index (κ2) is 6.00. The normalized spacial score (nSPS) is 19.9. The molecule has 2 aromatic rings. The second-order valence-electron chi connectivity index (χ2n) is 5.32. The van der Waals surface area contributed by atoms with E-state index in [1.54, 1.807) is 0 Å². The van der Waals surface area contributed by atoms with E-state index < -0.39 is 0 Å². The first-order valence-electron chi connectivity index (χ1n) is 7.12. The molecule has 0 bridgehead atoms. The zero-order valence-corrected chi connectivity index (χ0v) is 12.0. The zero-order valence-electron chi connectivity index (χ0n) is 12.0. The van der Waals surface area contributed by atoms with E-state index in [0.717, 1.165) is 23.3 Å². The van der Waals surface area contributed by atoms with Gasteiger partial charge in [-0.3, -0.25) is 4.79 Å². The monoisotopic (exact) mass is 282 g/mol. The van der Waals surface area contributed by atoms with Crippen molar-refractivity contribution in [2.75, 3.05) is 7.11 Å². The minimum Gasteiger partial charge on any atom is -0.489 e. The average Bonchev–Trinajstić information content (AvgIpc) is 3.34. The van der Waals surface area contributed by atoms with Gasteiger partial charge < -0.3 is 9.47 Å². The van der Waals surface area contributed by atoms with E-state index in [9.17, 15) is 4.79 Å². The number of carbonyl (C=O) groups is 1. The summed E-state index contributed by atoms with van der Waals surface area (Å²) in [4.78, 5) is 11.5. The molecule has 0 aromatic heterocycles. The first-order chi connectivity index (χ1) is 10.3. The highest BCUT2D eigenvalue weighted by molar-refractivity contribution is 5.77. The Hall–Kier alpha value is -2.29. The van der Waals surface area contributed by atoms with Crippen LogP contribution in [0.25, 0.3) is 0 Å². The number of hydrogen-bond acceptors (Lipinski definition) is 3. The Kier molecular flexibility index (Phi) is 3.91. The molecule has 3 rings (SSSR count). The number of rotatable bonds is 5. The fourth-order valence-corrected chi connectivity index (χ4v) is 2.55. The summed E-state index contributed by atoms with van der Waals surface area (Å²) < 4.78 is 10.6. The van der Waals surface area contributed by atoms with Crippen molar-refractivity contribution in [3.8, 4) is 5.75 Å². The highest BCUT2D eigenvalue weighted by Crippen LogP contribution is 2.48. The van der Waals surface area contributed by atoms with E-state index >= 15 is 0 Å². The molecular formula is C18H18O3. The highest BCUT2D eigenvalue weighted by Gasteiger charge is 2.44. The van der Waals surface area contributed by atoms with Crippen molar-refractivity contribution in [2.24, 2.45) is 5.92 Å². The van der Waals surface area contributed by atoms with Crippen LogP contribution in [0.4, 0.5) is 0 Å². The van der Waals surface area contributed by atoms with Crippen LogP contribution in [0.5, 0.6) is 5.75 Å². The third-order valence-electron chi connectivity index (χ3n) is 3.83. The molecule has 108 valence electrons. The van der Waals surface area contributed by atoms with Crippen LogP contribution >= 0.6 is 0 Å². The number of esters is 1. The molecule has 3 nitrogen and oxygen atoms in total. The molecule has 2 aromatic carbocycles. The van der Waals surface area contributed by atoms with Crippen LogP contribution < -0.4 is 4.74 Å². The molecule has 1 saturated carbocycles. The Balaban J connectivity index is 1.63. The van der Waals surface area contributed by atoms with Crippen molar-refractivity contribution in [3.63, 3.8) is 0 Å². The van der Waals surface area contributed by atoms with Gasteiger partial charge in [-0.15, -0.1) is 0 Å². The fourth-order valence-electron chi connectivity index (χ4n) is 2.55. The summed E-state index contributed by atoms with van der Waals surface area (Å²) in [5.74, 6) is 1.01. The largest absolute Gasteiger partial charge is 0.489 e. The minimum absolute atomic E-state index is 0.0133. The molecule has 0 aliphatic heterocycles. The molecule has 0 radical (unpaired) electrons. The summed E-state index contributed by atoms with van der Waals surface area (Å²) in [6.45, 7) is 0.551. The van der Waals surface area contributed by atoms with Crippen molar-refractivity contribution >= 4 is 5.97 Å². The summed E-state index contributed by atoms with van der Waals surface area (Å²) >= 11 is 0. The van der Waals surface area contributed by atoms with Gasteiger partial charge in [-0.05, 0) is 35.6 Å². The number of carbonyl (C=O) groups excluding carboxylic acids is 1. The molecule has 1 aliphatic carbocycles. The van der Waals surface area contributed by atoms with E-state index in [2.05, 4.69) is 0 Å². The van der Waals surface area contributed by atoms with Gasteiger partial charge in [0.25, 0.3) is 0 Å². The van der Waals surface area contributed by atoms with Crippen molar-refractivity contribution in [1.29, 1.82) is 0 Å². The Bertz CT molecular complexity index is 621. The van der Waals surface area contributed by atoms with Crippen molar-refractivity contribution in [2.45, 2.75) is 18.9 Å². The lowest BCUT2D eigenvalue weighted by molar-refractivity contribution is -0.142. The summed E-state index contributed by atoms with van der Waals surface area (Å²) in [5.41, 5.74) is 2.29. The molecular weight excluding hydrogens is 264 g/mol. The average molecular weight is 282 g/mol. The van der Waals surface area contributed by atoms with Gasteiger partial charge in [0, 0.05) is 0 Å². The molecule has 0 heterocycles. The maximum Gasteiger partial charge on any atom is 0.309 e. The molecule has 0 amide bonds. The molecule has 2 unspecified atom stereocenters. The molecule has 1 aliphatic rings. The van der Waals surface area contributed by atoms with Gasteiger partial charge in [-0.2, -0.15) is 0 Å². The van der Waals surface area contributed by atoms with Crippen LogP contribution in [0, 0.1) is 5.92 Å². The van der Waals surface area contributed by atoms with Crippen molar-refractivity contribution < 1.29 is 14.3 Å². The molecule has 2 atom stereocenters. The van der Waals surface area contributed by atoms with Crippen molar-refractivity contribution in [1.82, 2.24) is 0 Å². The summed E-state index contributed by atoms with van der Waals surface area (Å²) in [5, 5.41) is 0. The highest BCUT2D eigenvalue weighted by atomic mass is 16.5. The number of ether oxygens (including phenoxy) is 2. The Morgan fingerprint density at radius 3 is 2.71 bits per heavy atom. The molecule has 0 spiro atoms. The van der Waals surface area contributed by atoms with Crippen LogP contribution in [-0.2, 0) is 16.1 Å². The fraction of sp³-hybridized carbons (Fsp3) is 0.278. The van der Waals surface area contributed by atoms with Crippen molar-refractivity contribution in [3.05, 3.63) is 65.7 Å². The van der Waals surface area contributed by atoms with E-state index in [0.29, 0.717) is 6.61 Å². The zero-order chi connectivity index (χ0) is 14.7. The SMILES string of the molecule is COC(=O)C1CC1c1cccc(OCc2ccccc2)c1. The molecule has 21 heavy (non-hydrogen) atoms. The number of hydrogen-bond donors (Lipinski definition) is 0. The van der Waals surface area contributed by atoms with Gasteiger partial charge in [-0.25, -0.2) is 0 Å².